The lowest BCUT2D eigenvalue weighted by molar-refractivity contribution is 0.324. The van der Waals surface area contributed by atoms with Gasteiger partial charge in [-0.1, -0.05) is 6.07 Å². The van der Waals surface area contributed by atoms with Gasteiger partial charge in [-0.3, -0.25) is 0 Å². The Morgan fingerprint density at radius 1 is 1.22 bits per heavy atom. The second-order valence-corrected chi connectivity index (χ2v) is 8.26. The SMILES string of the molecule is CCOc1cccc(S(=O)(=O)CCS(=O)(=O)Cl)n1. The number of hydrogen-bond donors (Lipinski definition) is 0. The smallest absolute Gasteiger partial charge is 0.233 e. The van der Waals surface area contributed by atoms with Crippen LogP contribution in [0.5, 0.6) is 5.88 Å². The molecule has 0 aliphatic heterocycles. The molecule has 102 valence electrons. The Kier molecular flexibility index (Phi) is 4.94. The van der Waals surface area contributed by atoms with Gasteiger partial charge in [0.25, 0.3) is 0 Å². The highest BCUT2D eigenvalue weighted by atomic mass is 35.7. The molecule has 0 aromatic carbocycles. The van der Waals surface area contributed by atoms with Gasteiger partial charge in [-0.15, -0.1) is 0 Å². The molecule has 0 bridgehead atoms. The highest BCUT2D eigenvalue weighted by molar-refractivity contribution is 8.14. The molecule has 1 aromatic heterocycles. The Morgan fingerprint density at radius 2 is 1.89 bits per heavy atom. The maximum atomic E-state index is 11.8. The summed E-state index contributed by atoms with van der Waals surface area (Å²) in [6.45, 7) is 2.09. The van der Waals surface area contributed by atoms with E-state index in [2.05, 4.69) is 4.98 Å². The van der Waals surface area contributed by atoms with Crippen molar-refractivity contribution in [1.29, 1.82) is 0 Å². The van der Waals surface area contributed by atoms with Crippen LogP contribution < -0.4 is 4.74 Å². The summed E-state index contributed by atoms with van der Waals surface area (Å²) in [6.07, 6.45) is 0. The highest BCUT2D eigenvalue weighted by Gasteiger charge is 2.20. The Balaban J connectivity index is 2.94. The number of rotatable bonds is 6. The van der Waals surface area contributed by atoms with E-state index < -0.39 is 30.4 Å². The second kappa shape index (κ2) is 5.85. The van der Waals surface area contributed by atoms with Crippen molar-refractivity contribution in [1.82, 2.24) is 4.98 Å². The first kappa shape index (κ1) is 15.2. The van der Waals surface area contributed by atoms with E-state index in [0.717, 1.165) is 0 Å². The van der Waals surface area contributed by atoms with Crippen molar-refractivity contribution in [3.05, 3.63) is 18.2 Å². The van der Waals surface area contributed by atoms with Gasteiger partial charge in [-0.05, 0) is 13.0 Å². The molecule has 0 amide bonds. The van der Waals surface area contributed by atoms with Crippen LogP contribution in [0.1, 0.15) is 6.92 Å². The normalized spacial score (nSPS) is 12.3. The van der Waals surface area contributed by atoms with Crippen molar-refractivity contribution >= 4 is 29.6 Å². The van der Waals surface area contributed by atoms with Crippen molar-refractivity contribution in [3.8, 4) is 5.88 Å². The van der Waals surface area contributed by atoms with Crippen LogP contribution in [0.25, 0.3) is 0 Å². The molecule has 0 N–H and O–H groups in total. The number of aromatic nitrogens is 1. The molecule has 0 spiro atoms. The van der Waals surface area contributed by atoms with E-state index in [1.54, 1.807) is 6.92 Å². The minimum Gasteiger partial charge on any atom is -0.478 e. The fourth-order valence-corrected chi connectivity index (χ4v) is 4.08. The Bertz CT molecular complexity index is 612. The topological polar surface area (TPSA) is 90.4 Å². The molecular weight excluding hydrogens is 302 g/mol. The molecular formula is C9H12ClNO5S2. The van der Waals surface area contributed by atoms with Gasteiger partial charge in [0.1, 0.15) is 0 Å². The van der Waals surface area contributed by atoms with Crippen LogP contribution in [0.4, 0.5) is 0 Å². The van der Waals surface area contributed by atoms with Crippen molar-refractivity contribution in [3.63, 3.8) is 0 Å². The third kappa shape index (κ3) is 4.79. The van der Waals surface area contributed by atoms with Gasteiger partial charge in [0, 0.05) is 16.7 Å². The first-order valence-corrected chi connectivity index (χ1v) is 9.12. The summed E-state index contributed by atoms with van der Waals surface area (Å²) in [5.41, 5.74) is 0. The van der Waals surface area contributed by atoms with Crippen molar-refractivity contribution in [2.45, 2.75) is 11.9 Å². The Morgan fingerprint density at radius 3 is 2.44 bits per heavy atom. The van der Waals surface area contributed by atoms with Crippen LogP contribution in [0.2, 0.25) is 0 Å². The molecule has 1 aromatic rings. The molecule has 9 heteroatoms. The number of nitrogens with zero attached hydrogens (tertiary/aromatic N) is 1. The number of hydrogen-bond acceptors (Lipinski definition) is 6. The summed E-state index contributed by atoms with van der Waals surface area (Å²) >= 11 is 0. The van der Waals surface area contributed by atoms with Crippen LogP contribution >= 0.6 is 10.7 Å². The van der Waals surface area contributed by atoms with Gasteiger partial charge in [0.15, 0.2) is 14.9 Å². The van der Waals surface area contributed by atoms with E-state index in [-0.39, 0.29) is 10.9 Å². The van der Waals surface area contributed by atoms with E-state index in [9.17, 15) is 16.8 Å². The summed E-state index contributed by atoms with van der Waals surface area (Å²) in [6, 6.07) is 4.26. The van der Waals surface area contributed by atoms with E-state index in [0.29, 0.717) is 6.61 Å². The number of pyridine rings is 1. The van der Waals surface area contributed by atoms with Crippen LogP contribution in [-0.4, -0.2) is 39.9 Å². The van der Waals surface area contributed by atoms with E-state index in [4.69, 9.17) is 15.4 Å². The summed E-state index contributed by atoms with van der Waals surface area (Å²) < 4.78 is 50.1. The summed E-state index contributed by atoms with van der Waals surface area (Å²) in [4.78, 5) is 3.79. The standard InChI is InChI=1S/C9H12ClNO5S2/c1-2-16-8-4-3-5-9(11-8)17(12,13)6-7-18(10,14)15/h3-5H,2,6-7H2,1H3. The average Bonchev–Trinajstić information content (AvgIpc) is 2.27. The van der Waals surface area contributed by atoms with Gasteiger partial charge in [0.2, 0.25) is 14.9 Å². The summed E-state index contributed by atoms with van der Waals surface area (Å²) in [5, 5.41) is -0.228. The van der Waals surface area contributed by atoms with E-state index >= 15 is 0 Å². The molecule has 0 fully saturated rings. The summed E-state index contributed by atoms with van der Waals surface area (Å²) in [5.74, 6) is -1.09. The predicted molar refractivity (Wildman–Crippen MR) is 67.1 cm³/mol. The van der Waals surface area contributed by atoms with Crippen LogP contribution in [0.15, 0.2) is 23.2 Å². The highest BCUT2D eigenvalue weighted by Crippen LogP contribution is 2.14. The minimum absolute atomic E-state index is 0.173. The van der Waals surface area contributed by atoms with Gasteiger partial charge < -0.3 is 4.74 Å². The quantitative estimate of drug-likeness (QED) is 0.722. The molecule has 18 heavy (non-hydrogen) atoms. The minimum atomic E-state index is -3.85. The van der Waals surface area contributed by atoms with Crippen molar-refractivity contribution in [2.75, 3.05) is 18.1 Å². The maximum absolute atomic E-state index is 11.8. The van der Waals surface area contributed by atoms with Crippen LogP contribution in [-0.2, 0) is 18.9 Å². The molecule has 1 rings (SSSR count). The van der Waals surface area contributed by atoms with Crippen molar-refractivity contribution in [2.24, 2.45) is 0 Å². The van der Waals surface area contributed by atoms with Gasteiger partial charge in [-0.2, -0.15) is 0 Å². The lowest BCUT2D eigenvalue weighted by Gasteiger charge is -2.05. The number of halogens is 1. The molecule has 0 saturated heterocycles. The fourth-order valence-electron chi connectivity index (χ4n) is 1.11. The maximum Gasteiger partial charge on any atom is 0.233 e. The zero-order valence-corrected chi connectivity index (χ0v) is 11.9. The third-order valence-corrected chi connectivity index (χ3v) is 4.92. The lowest BCUT2D eigenvalue weighted by Crippen LogP contribution is -2.15. The largest absolute Gasteiger partial charge is 0.478 e. The van der Waals surface area contributed by atoms with Crippen LogP contribution in [0.3, 0.4) is 0 Å². The first-order chi connectivity index (χ1) is 8.24. The fraction of sp³-hybridized carbons (Fsp3) is 0.444. The van der Waals surface area contributed by atoms with Gasteiger partial charge >= 0.3 is 0 Å². The average molecular weight is 314 g/mol. The molecule has 0 unspecified atom stereocenters. The lowest BCUT2D eigenvalue weighted by atomic mass is 10.5. The zero-order chi connectivity index (χ0) is 13.8. The van der Waals surface area contributed by atoms with Crippen LogP contribution in [0, 0.1) is 0 Å². The third-order valence-electron chi connectivity index (χ3n) is 1.90. The van der Waals surface area contributed by atoms with Gasteiger partial charge in [0.05, 0.1) is 18.1 Å². The number of sulfone groups is 1. The van der Waals surface area contributed by atoms with Crippen molar-refractivity contribution < 1.29 is 21.6 Å². The van der Waals surface area contributed by atoms with E-state index in [1.165, 1.54) is 18.2 Å². The monoisotopic (exact) mass is 313 g/mol. The number of ether oxygens (including phenoxy) is 1. The molecule has 1 heterocycles. The zero-order valence-electron chi connectivity index (χ0n) is 9.54. The molecule has 6 nitrogen and oxygen atoms in total. The molecule has 0 radical (unpaired) electrons. The molecule has 0 aliphatic rings. The molecule has 0 atom stereocenters. The van der Waals surface area contributed by atoms with E-state index in [1.807, 2.05) is 0 Å². The Labute approximate surface area is 110 Å². The predicted octanol–water partition coefficient (Wildman–Crippen LogP) is 0.823. The van der Waals surface area contributed by atoms with Gasteiger partial charge in [-0.25, -0.2) is 21.8 Å². The molecule has 0 aliphatic carbocycles. The summed E-state index contributed by atoms with van der Waals surface area (Å²) in [7, 11) is -2.67. The first-order valence-electron chi connectivity index (χ1n) is 4.99. The molecule has 0 saturated carbocycles. The second-order valence-electron chi connectivity index (χ2n) is 3.31. The Hall–Kier alpha value is -0.860.